The van der Waals surface area contributed by atoms with Crippen molar-refractivity contribution in [1.82, 2.24) is 18.5 Å². The van der Waals surface area contributed by atoms with Crippen LogP contribution in [0.25, 0.3) is 10.9 Å². The number of aromatic nitrogens is 1. The highest BCUT2D eigenvalue weighted by Gasteiger charge is 2.41. The summed E-state index contributed by atoms with van der Waals surface area (Å²) in [5.41, 5.74) is 1.18. The fourth-order valence-corrected chi connectivity index (χ4v) is 5.91. The fourth-order valence-electron chi connectivity index (χ4n) is 4.98. The van der Waals surface area contributed by atoms with Crippen LogP contribution in [0.4, 0.5) is 14.5 Å². The molecule has 1 unspecified atom stereocenters. The molecule has 1 spiro atoms. The Labute approximate surface area is 205 Å². The maximum absolute atomic E-state index is 14.3. The van der Waals surface area contributed by atoms with Crippen LogP contribution < -0.4 is 4.90 Å². The van der Waals surface area contributed by atoms with Gasteiger partial charge in [0.2, 0.25) is 0 Å². The third kappa shape index (κ3) is 4.65. The topological polar surface area (TPSA) is 78.5 Å². The van der Waals surface area contributed by atoms with E-state index in [0.717, 1.165) is 12.1 Å². The zero-order valence-corrected chi connectivity index (χ0v) is 20.7. The summed E-state index contributed by atoms with van der Waals surface area (Å²) < 4.78 is 55.7. The largest absolute Gasteiger partial charge is 0.370 e. The number of halogens is 2. The van der Waals surface area contributed by atoms with Crippen molar-refractivity contribution in [3.8, 4) is 0 Å². The minimum absolute atomic E-state index is 0.233. The van der Waals surface area contributed by atoms with Crippen LogP contribution in [0.1, 0.15) is 23.2 Å². The number of carbonyl (C=O) groups is 1. The van der Waals surface area contributed by atoms with Crippen LogP contribution in [0.2, 0.25) is 0 Å². The fraction of sp³-hybridized carbons (Fsp3) is 0.565. The van der Waals surface area contributed by atoms with E-state index in [2.05, 4.69) is 4.98 Å². The Morgan fingerprint density at radius 2 is 1.66 bits per heavy atom. The van der Waals surface area contributed by atoms with Gasteiger partial charge in [0, 0.05) is 83.9 Å². The Hall–Kier alpha value is -2.25. The number of piperazine rings is 1. The van der Waals surface area contributed by atoms with E-state index >= 15 is 0 Å². The number of fused-ring (bicyclic) bond motifs is 1. The lowest BCUT2D eigenvalue weighted by Gasteiger charge is -2.40. The molecule has 5 rings (SSSR count). The first-order valence-corrected chi connectivity index (χ1v) is 12.8. The summed E-state index contributed by atoms with van der Waals surface area (Å²) >= 11 is -1.26. The summed E-state index contributed by atoms with van der Waals surface area (Å²) in [5, 5.41) is 0.395. The Balaban J connectivity index is 1.45. The van der Waals surface area contributed by atoms with Gasteiger partial charge in [-0.05, 0) is 6.07 Å². The van der Waals surface area contributed by atoms with Gasteiger partial charge in [-0.2, -0.15) is 0 Å². The smallest absolute Gasteiger partial charge is 0.257 e. The zero-order valence-electron chi connectivity index (χ0n) is 19.8. The van der Waals surface area contributed by atoms with Gasteiger partial charge in [0.05, 0.1) is 30.0 Å². The number of benzene rings is 1. The number of rotatable bonds is 4. The minimum Gasteiger partial charge on any atom is -0.370 e. The number of carbonyl (C=O) groups excluding carboxylic acids is 1. The van der Waals surface area contributed by atoms with Crippen molar-refractivity contribution < 1.29 is 27.3 Å². The molecule has 9 nitrogen and oxygen atoms in total. The Morgan fingerprint density at radius 3 is 2.29 bits per heavy atom. The molecule has 1 amide bonds. The maximum atomic E-state index is 14.3. The van der Waals surface area contributed by atoms with Crippen LogP contribution in [0.3, 0.4) is 0 Å². The predicted octanol–water partition coefficient (Wildman–Crippen LogP) is 1.75. The molecule has 0 radical (unpaired) electrons. The molecule has 3 fully saturated rings. The van der Waals surface area contributed by atoms with E-state index in [-0.39, 0.29) is 11.4 Å². The summed E-state index contributed by atoms with van der Waals surface area (Å²) in [7, 11) is 3.49. The highest BCUT2D eigenvalue weighted by Crippen LogP contribution is 2.38. The summed E-state index contributed by atoms with van der Waals surface area (Å²) in [6.07, 6.45) is 2.65. The average molecular weight is 510 g/mol. The summed E-state index contributed by atoms with van der Waals surface area (Å²) in [6, 6.07) is 2.18. The van der Waals surface area contributed by atoms with Crippen LogP contribution in [0, 0.1) is 11.6 Å². The van der Waals surface area contributed by atoms with Gasteiger partial charge in [0.1, 0.15) is 0 Å². The van der Waals surface area contributed by atoms with Gasteiger partial charge < -0.3 is 19.3 Å². The van der Waals surface area contributed by atoms with Crippen LogP contribution >= 0.6 is 0 Å². The molecule has 1 aromatic heterocycles. The number of anilines is 1. The van der Waals surface area contributed by atoms with E-state index in [0.29, 0.717) is 82.0 Å². The van der Waals surface area contributed by atoms with Crippen molar-refractivity contribution in [2.75, 3.05) is 71.5 Å². The summed E-state index contributed by atoms with van der Waals surface area (Å²) in [4.78, 5) is 21.7. The molecular formula is C23H29F2N5O4S. The average Bonchev–Trinajstić information content (AvgIpc) is 3.32. The number of hydrogen-bond acceptors (Lipinski definition) is 6. The van der Waals surface area contributed by atoms with Crippen molar-refractivity contribution in [1.29, 1.82) is 0 Å². The van der Waals surface area contributed by atoms with Crippen molar-refractivity contribution in [2.24, 2.45) is 0 Å². The third-order valence-electron chi connectivity index (χ3n) is 6.83. The second kappa shape index (κ2) is 9.66. The Bertz CT molecular complexity index is 1140. The number of amides is 1. The molecule has 2 aromatic rings. The zero-order chi connectivity index (χ0) is 24.7. The summed E-state index contributed by atoms with van der Waals surface area (Å²) in [5.74, 6) is -2.81. The Kier molecular flexibility index (Phi) is 6.75. The quantitative estimate of drug-likeness (QED) is 0.625. The molecule has 35 heavy (non-hydrogen) atoms. The standard InChI is InChI=1S/C23H29F2N5O4S/c1-27(2)35(32)30-9-7-29(8-10-30)22(31)17-15-26-20-14-19(25)18(24)13-16(20)21(17)28-5-3-23(4-6-28)33-11-12-34-23/h13-15H,3-12H2,1-2H3. The normalized spacial score (nSPS) is 21.9. The van der Waals surface area contributed by atoms with E-state index in [4.69, 9.17) is 9.47 Å². The van der Waals surface area contributed by atoms with Crippen molar-refractivity contribution in [2.45, 2.75) is 18.6 Å². The van der Waals surface area contributed by atoms with Crippen LogP contribution in [-0.2, 0) is 20.6 Å². The first-order valence-electron chi connectivity index (χ1n) is 11.7. The maximum Gasteiger partial charge on any atom is 0.257 e. The van der Waals surface area contributed by atoms with E-state index < -0.39 is 28.6 Å². The first kappa shape index (κ1) is 24.4. The van der Waals surface area contributed by atoms with E-state index in [1.807, 2.05) is 9.21 Å². The highest BCUT2D eigenvalue weighted by atomic mass is 32.2. The molecule has 0 N–H and O–H groups in total. The molecule has 1 aromatic carbocycles. The second-order valence-electron chi connectivity index (χ2n) is 9.16. The molecule has 12 heteroatoms. The lowest BCUT2D eigenvalue weighted by molar-refractivity contribution is -0.169. The molecule has 3 aliphatic rings. The van der Waals surface area contributed by atoms with Crippen LogP contribution in [0.5, 0.6) is 0 Å². The van der Waals surface area contributed by atoms with Gasteiger partial charge in [-0.3, -0.25) is 9.78 Å². The van der Waals surface area contributed by atoms with Gasteiger partial charge in [-0.25, -0.2) is 21.6 Å². The van der Waals surface area contributed by atoms with E-state index in [1.54, 1.807) is 23.3 Å². The lowest BCUT2D eigenvalue weighted by Crippen LogP contribution is -2.51. The minimum atomic E-state index is -1.26. The van der Waals surface area contributed by atoms with Gasteiger partial charge in [-0.15, -0.1) is 0 Å². The molecule has 3 saturated heterocycles. The molecule has 0 bridgehead atoms. The summed E-state index contributed by atoms with van der Waals surface area (Å²) in [6.45, 7) is 3.91. The molecule has 0 saturated carbocycles. The van der Waals surface area contributed by atoms with Crippen molar-refractivity contribution >= 4 is 33.7 Å². The number of ether oxygens (including phenoxy) is 2. The molecular weight excluding hydrogens is 480 g/mol. The molecule has 4 heterocycles. The Morgan fingerprint density at radius 1 is 1.03 bits per heavy atom. The molecule has 190 valence electrons. The highest BCUT2D eigenvalue weighted by molar-refractivity contribution is 7.80. The number of piperidine rings is 1. The molecule has 1 atom stereocenters. The predicted molar refractivity (Wildman–Crippen MR) is 127 cm³/mol. The lowest BCUT2D eigenvalue weighted by atomic mass is 9.99. The first-order chi connectivity index (χ1) is 16.8. The van der Waals surface area contributed by atoms with Crippen LogP contribution in [-0.4, -0.2) is 101 Å². The second-order valence-corrected chi connectivity index (χ2v) is 10.9. The van der Waals surface area contributed by atoms with Gasteiger partial charge >= 0.3 is 0 Å². The van der Waals surface area contributed by atoms with Crippen molar-refractivity contribution in [3.05, 3.63) is 35.5 Å². The van der Waals surface area contributed by atoms with Gasteiger partial charge in [-0.1, -0.05) is 0 Å². The van der Waals surface area contributed by atoms with E-state index in [1.165, 1.54) is 6.20 Å². The number of nitrogens with zero attached hydrogens (tertiary/aromatic N) is 5. The molecule has 0 aliphatic carbocycles. The van der Waals surface area contributed by atoms with E-state index in [9.17, 15) is 17.8 Å². The van der Waals surface area contributed by atoms with Crippen molar-refractivity contribution in [3.63, 3.8) is 0 Å². The number of pyridine rings is 1. The van der Waals surface area contributed by atoms with Gasteiger partial charge in [0.15, 0.2) is 28.6 Å². The van der Waals surface area contributed by atoms with Gasteiger partial charge in [0.25, 0.3) is 5.91 Å². The number of hydrogen-bond donors (Lipinski definition) is 0. The monoisotopic (exact) mass is 509 g/mol. The SMILES string of the molecule is CN(C)S(=O)N1CCN(C(=O)c2cnc3cc(F)c(F)cc3c2N2CCC3(CC2)OCCO3)CC1. The molecule has 3 aliphatic heterocycles. The third-order valence-corrected chi connectivity index (χ3v) is 8.26. The van der Waals surface area contributed by atoms with Crippen LogP contribution in [0.15, 0.2) is 18.3 Å².